The van der Waals surface area contributed by atoms with Crippen molar-refractivity contribution >= 4 is 11.7 Å². The number of hydrogen-bond donors (Lipinski definition) is 1. The van der Waals surface area contributed by atoms with Crippen LogP contribution in [0.5, 0.6) is 0 Å². The van der Waals surface area contributed by atoms with E-state index in [1.165, 1.54) is 0 Å². The summed E-state index contributed by atoms with van der Waals surface area (Å²) in [7, 11) is 1.76. The summed E-state index contributed by atoms with van der Waals surface area (Å²) in [6, 6.07) is 5.24. The fourth-order valence-corrected chi connectivity index (χ4v) is 1.67. The zero-order valence-corrected chi connectivity index (χ0v) is 9.22. The third-order valence-corrected chi connectivity index (χ3v) is 2.58. The maximum absolute atomic E-state index is 12.1. The first-order chi connectivity index (χ1) is 7.83. The second-order valence-electron chi connectivity index (χ2n) is 3.59. The van der Waals surface area contributed by atoms with Crippen molar-refractivity contribution in [2.75, 3.05) is 31.7 Å². The monoisotopic (exact) mass is 221 g/mol. The molecule has 5 nitrogen and oxygen atoms in total. The Morgan fingerprint density at radius 2 is 2.44 bits per heavy atom. The van der Waals surface area contributed by atoms with Crippen molar-refractivity contribution in [1.29, 1.82) is 0 Å². The van der Waals surface area contributed by atoms with Crippen LogP contribution in [0.2, 0.25) is 0 Å². The summed E-state index contributed by atoms with van der Waals surface area (Å²) in [6.07, 6.45) is 1.68. The van der Waals surface area contributed by atoms with Crippen LogP contribution in [0.25, 0.3) is 0 Å². The lowest BCUT2D eigenvalue weighted by Crippen LogP contribution is -2.46. The highest BCUT2D eigenvalue weighted by Gasteiger charge is 2.27. The van der Waals surface area contributed by atoms with Gasteiger partial charge in [-0.15, -0.1) is 0 Å². The Morgan fingerprint density at radius 1 is 1.56 bits per heavy atom. The van der Waals surface area contributed by atoms with Gasteiger partial charge in [-0.2, -0.15) is 0 Å². The topological polar surface area (TPSA) is 54.5 Å². The Morgan fingerprint density at radius 3 is 3.12 bits per heavy atom. The SMILES string of the molecule is CNC1COCCN(c2ccccn2)C1=O. The number of pyridine rings is 1. The molecule has 0 saturated carbocycles. The van der Waals surface area contributed by atoms with Gasteiger partial charge in [-0.25, -0.2) is 4.98 Å². The summed E-state index contributed by atoms with van der Waals surface area (Å²) in [5.74, 6) is 0.692. The number of amides is 1. The molecule has 1 N–H and O–H groups in total. The minimum atomic E-state index is -0.287. The van der Waals surface area contributed by atoms with Crippen molar-refractivity contribution in [3.05, 3.63) is 24.4 Å². The molecule has 1 unspecified atom stereocenters. The van der Waals surface area contributed by atoms with Gasteiger partial charge in [0.05, 0.1) is 19.8 Å². The molecule has 0 radical (unpaired) electrons. The number of anilines is 1. The zero-order valence-electron chi connectivity index (χ0n) is 9.22. The molecule has 1 aromatic rings. The number of hydrogen-bond acceptors (Lipinski definition) is 4. The zero-order chi connectivity index (χ0) is 11.4. The Hall–Kier alpha value is -1.46. The third kappa shape index (κ3) is 2.20. The molecule has 0 aliphatic carbocycles. The van der Waals surface area contributed by atoms with Crippen LogP contribution in [0.3, 0.4) is 0 Å². The molecule has 1 amide bonds. The molecule has 0 aromatic carbocycles. The van der Waals surface area contributed by atoms with Gasteiger partial charge in [-0.1, -0.05) is 6.07 Å². The lowest BCUT2D eigenvalue weighted by Gasteiger charge is -2.21. The first kappa shape index (κ1) is 11.0. The Kier molecular flexibility index (Phi) is 3.48. The second kappa shape index (κ2) is 5.05. The van der Waals surface area contributed by atoms with Crippen LogP contribution in [0, 0.1) is 0 Å². The van der Waals surface area contributed by atoms with Crippen LogP contribution in [0.4, 0.5) is 5.82 Å². The third-order valence-electron chi connectivity index (χ3n) is 2.58. The molecule has 1 saturated heterocycles. The van der Waals surface area contributed by atoms with Gasteiger partial charge in [-0.3, -0.25) is 9.69 Å². The molecule has 1 aliphatic heterocycles. The summed E-state index contributed by atoms with van der Waals surface area (Å²) in [5.41, 5.74) is 0. The first-order valence-electron chi connectivity index (χ1n) is 5.30. The minimum Gasteiger partial charge on any atom is -0.377 e. The Balaban J connectivity index is 2.22. The van der Waals surface area contributed by atoms with E-state index in [-0.39, 0.29) is 11.9 Å². The molecule has 0 spiro atoms. The first-order valence-corrected chi connectivity index (χ1v) is 5.30. The van der Waals surface area contributed by atoms with Crippen LogP contribution in [0.15, 0.2) is 24.4 Å². The van der Waals surface area contributed by atoms with E-state index in [0.29, 0.717) is 25.6 Å². The predicted molar refractivity (Wildman–Crippen MR) is 60.3 cm³/mol. The number of carbonyl (C=O) groups is 1. The van der Waals surface area contributed by atoms with E-state index >= 15 is 0 Å². The summed E-state index contributed by atoms with van der Waals surface area (Å²) >= 11 is 0. The van der Waals surface area contributed by atoms with Gasteiger partial charge >= 0.3 is 0 Å². The normalized spacial score (nSPS) is 21.9. The van der Waals surface area contributed by atoms with E-state index < -0.39 is 0 Å². The molecule has 0 bridgehead atoms. The molecule has 5 heteroatoms. The van der Waals surface area contributed by atoms with Crippen molar-refractivity contribution in [2.24, 2.45) is 0 Å². The molecule has 86 valence electrons. The lowest BCUT2D eigenvalue weighted by atomic mass is 10.2. The number of carbonyl (C=O) groups excluding carboxylic acids is 1. The highest BCUT2D eigenvalue weighted by atomic mass is 16.5. The number of nitrogens with zero attached hydrogens (tertiary/aromatic N) is 2. The largest absolute Gasteiger partial charge is 0.377 e. The summed E-state index contributed by atoms with van der Waals surface area (Å²) in [6.45, 7) is 1.51. The maximum atomic E-state index is 12.1. The second-order valence-corrected chi connectivity index (χ2v) is 3.59. The molecule has 1 aliphatic rings. The van der Waals surface area contributed by atoms with E-state index in [9.17, 15) is 4.79 Å². The molecule has 1 fully saturated rings. The van der Waals surface area contributed by atoms with Gasteiger partial charge in [0.25, 0.3) is 0 Å². The van der Waals surface area contributed by atoms with Crippen LogP contribution >= 0.6 is 0 Å². The summed E-state index contributed by atoms with van der Waals surface area (Å²) in [5, 5.41) is 2.95. The maximum Gasteiger partial charge on any atom is 0.247 e. The van der Waals surface area contributed by atoms with Gasteiger partial charge in [0.1, 0.15) is 11.9 Å². The van der Waals surface area contributed by atoms with Crippen LogP contribution < -0.4 is 10.2 Å². The fraction of sp³-hybridized carbons (Fsp3) is 0.455. The highest BCUT2D eigenvalue weighted by Crippen LogP contribution is 2.12. The number of rotatable bonds is 2. The summed E-state index contributed by atoms with van der Waals surface area (Å²) in [4.78, 5) is 18.0. The van der Waals surface area contributed by atoms with E-state index in [1.807, 2.05) is 18.2 Å². The van der Waals surface area contributed by atoms with Crippen LogP contribution in [-0.2, 0) is 9.53 Å². The molecule has 1 aromatic heterocycles. The molecule has 1 atom stereocenters. The average molecular weight is 221 g/mol. The van der Waals surface area contributed by atoms with E-state index in [2.05, 4.69) is 10.3 Å². The fourth-order valence-electron chi connectivity index (χ4n) is 1.67. The van der Waals surface area contributed by atoms with Crippen molar-refractivity contribution in [2.45, 2.75) is 6.04 Å². The minimum absolute atomic E-state index is 0.0127. The van der Waals surface area contributed by atoms with Gasteiger partial charge in [-0.05, 0) is 19.2 Å². The predicted octanol–water partition coefficient (Wildman–Crippen LogP) is 0.0328. The van der Waals surface area contributed by atoms with Crippen molar-refractivity contribution in [1.82, 2.24) is 10.3 Å². The smallest absolute Gasteiger partial charge is 0.247 e. The van der Waals surface area contributed by atoms with Crippen molar-refractivity contribution < 1.29 is 9.53 Å². The lowest BCUT2D eigenvalue weighted by molar-refractivity contribution is -0.120. The van der Waals surface area contributed by atoms with Gasteiger partial charge in [0.15, 0.2) is 0 Å². The van der Waals surface area contributed by atoms with Gasteiger partial charge < -0.3 is 10.1 Å². The molecular weight excluding hydrogens is 206 g/mol. The Bertz CT molecular complexity index is 356. The molecule has 16 heavy (non-hydrogen) atoms. The number of ether oxygens (including phenoxy) is 1. The highest BCUT2D eigenvalue weighted by molar-refractivity contribution is 5.96. The average Bonchev–Trinajstić information content (AvgIpc) is 2.52. The number of aromatic nitrogens is 1. The van der Waals surface area contributed by atoms with Crippen molar-refractivity contribution in [3.63, 3.8) is 0 Å². The molecular formula is C11H15N3O2. The quantitative estimate of drug-likeness (QED) is 0.765. The van der Waals surface area contributed by atoms with Crippen LogP contribution in [0.1, 0.15) is 0 Å². The van der Waals surface area contributed by atoms with Crippen molar-refractivity contribution in [3.8, 4) is 0 Å². The standard InChI is InChI=1S/C11H15N3O2/c1-12-9-8-16-7-6-14(11(9)15)10-4-2-3-5-13-10/h2-5,9,12H,6-8H2,1H3. The number of likely N-dealkylation sites (N-methyl/N-ethyl adjacent to an activating group) is 1. The van der Waals surface area contributed by atoms with Gasteiger partial charge in [0, 0.05) is 6.20 Å². The Labute approximate surface area is 94.4 Å². The summed E-state index contributed by atoms with van der Waals surface area (Å²) < 4.78 is 5.37. The van der Waals surface area contributed by atoms with E-state index in [4.69, 9.17) is 4.74 Å². The van der Waals surface area contributed by atoms with Crippen LogP contribution in [-0.4, -0.2) is 43.7 Å². The molecule has 2 heterocycles. The molecule has 2 rings (SSSR count). The number of nitrogens with one attached hydrogen (secondary N) is 1. The van der Waals surface area contributed by atoms with Gasteiger partial charge in [0.2, 0.25) is 5.91 Å². The van der Waals surface area contributed by atoms with E-state index in [0.717, 1.165) is 0 Å². The van der Waals surface area contributed by atoms with E-state index in [1.54, 1.807) is 18.1 Å².